The number of carbonyl (C=O) groups is 1. The maximum atomic E-state index is 12.6. The molecule has 0 fully saturated rings. The van der Waals surface area contributed by atoms with Gasteiger partial charge in [-0.2, -0.15) is 13.2 Å². The first-order valence-corrected chi connectivity index (χ1v) is 5.66. The van der Waals surface area contributed by atoms with Gasteiger partial charge < -0.3 is 10.0 Å². The van der Waals surface area contributed by atoms with Crippen LogP contribution in [0.4, 0.5) is 19.0 Å². The number of nitrogens with zero attached hydrogens (tertiary/aromatic N) is 2. The van der Waals surface area contributed by atoms with Crippen molar-refractivity contribution in [2.24, 2.45) is 0 Å². The van der Waals surface area contributed by atoms with E-state index < -0.39 is 23.4 Å². The van der Waals surface area contributed by atoms with Crippen molar-refractivity contribution in [1.82, 2.24) is 4.98 Å². The molecule has 0 spiro atoms. The van der Waals surface area contributed by atoms with Crippen LogP contribution >= 0.6 is 0 Å². The number of likely N-dealkylation sites (N-methyl/N-ethyl adjacent to an activating group) is 1. The van der Waals surface area contributed by atoms with Crippen molar-refractivity contribution < 1.29 is 23.1 Å². The number of alkyl halides is 3. The van der Waals surface area contributed by atoms with Crippen molar-refractivity contribution >= 4 is 11.8 Å². The van der Waals surface area contributed by atoms with Crippen LogP contribution in [0.15, 0.2) is 18.2 Å². The summed E-state index contributed by atoms with van der Waals surface area (Å²) in [5, 5.41) is 9.14. The number of hydrogen-bond donors (Lipinski definition) is 1. The number of carboxylic acids is 1. The molecule has 1 heterocycles. The molecule has 0 atom stereocenters. The predicted octanol–water partition coefficient (Wildman–Crippen LogP) is 2.79. The molecule has 0 aromatic carbocycles. The molecule has 19 heavy (non-hydrogen) atoms. The summed E-state index contributed by atoms with van der Waals surface area (Å²) in [5.41, 5.74) is -2.38. The zero-order valence-corrected chi connectivity index (χ0v) is 10.8. The second-order valence-electron chi connectivity index (χ2n) is 4.49. The van der Waals surface area contributed by atoms with Crippen LogP contribution in [0.1, 0.15) is 26.5 Å². The number of aromatic nitrogens is 1. The molecule has 0 aliphatic carbocycles. The predicted molar refractivity (Wildman–Crippen MR) is 64.0 cm³/mol. The summed E-state index contributed by atoms with van der Waals surface area (Å²) < 4.78 is 37.8. The summed E-state index contributed by atoms with van der Waals surface area (Å²) in [7, 11) is 0. The monoisotopic (exact) mass is 276 g/mol. The third kappa shape index (κ3) is 3.15. The van der Waals surface area contributed by atoms with Crippen LogP contribution in [-0.2, 0) is 11.0 Å². The molecule has 1 rings (SSSR count). The Morgan fingerprint density at radius 1 is 1.37 bits per heavy atom. The third-order valence-electron chi connectivity index (χ3n) is 2.82. The molecule has 0 bridgehead atoms. The number of anilines is 1. The van der Waals surface area contributed by atoms with E-state index in [0.29, 0.717) is 0 Å². The topological polar surface area (TPSA) is 53.4 Å². The Labute approximate surface area is 108 Å². The highest BCUT2D eigenvalue weighted by Gasteiger charge is 2.37. The number of halogens is 3. The fourth-order valence-corrected chi connectivity index (χ4v) is 1.69. The second kappa shape index (κ2) is 5.07. The summed E-state index contributed by atoms with van der Waals surface area (Å²) in [4.78, 5) is 16.0. The average molecular weight is 276 g/mol. The fraction of sp³-hybridized carbons (Fsp3) is 0.500. The maximum Gasteiger partial charge on any atom is 0.433 e. The Morgan fingerprint density at radius 3 is 2.37 bits per heavy atom. The molecule has 0 unspecified atom stereocenters. The second-order valence-corrected chi connectivity index (χ2v) is 4.49. The number of pyridine rings is 1. The van der Waals surface area contributed by atoms with Gasteiger partial charge in [-0.15, -0.1) is 0 Å². The first-order chi connectivity index (χ1) is 8.60. The Bertz CT molecular complexity index is 472. The van der Waals surface area contributed by atoms with Crippen LogP contribution in [0, 0.1) is 0 Å². The van der Waals surface area contributed by atoms with Crippen molar-refractivity contribution in [2.75, 3.05) is 11.4 Å². The van der Waals surface area contributed by atoms with Crippen LogP contribution in [0.5, 0.6) is 0 Å². The molecule has 0 aliphatic heterocycles. The molecule has 0 saturated carbocycles. The van der Waals surface area contributed by atoms with Gasteiger partial charge in [0.15, 0.2) is 0 Å². The van der Waals surface area contributed by atoms with Gasteiger partial charge in [-0.3, -0.25) is 0 Å². The van der Waals surface area contributed by atoms with E-state index >= 15 is 0 Å². The van der Waals surface area contributed by atoms with Gasteiger partial charge in [0.05, 0.1) is 0 Å². The molecule has 1 aromatic rings. The normalized spacial score (nSPS) is 12.3. The first kappa shape index (κ1) is 15.3. The summed E-state index contributed by atoms with van der Waals surface area (Å²) in [6.07, 6.45) is -4.55. The number of carboxylic acid groups (broad SMARTS) is 1. The SMILES string of the molecule is CCN(c1cccc(C(F)(F)F)n1)C(C)(C)C(=O)O. The summed E-state index contributed by atoms with van der Waals surface area (Å²) in [6, 6.07) is 3.43. The lowest BCUT2D eigenvalue weighted by Gasteiger charge is -2.35. The minimum absolute atomic E-state index is 0.00951. The zero-order chi connectivity index (χ0) is 14.8. The van der Waals surface area contributed by atoms with E-state index in [9.17, 15) is 18.0 Å². The summed E-state index contributed by atoms with van der Waals surface area (Å²) in [5.74, 6) is -1.14. The molecule has 0 aliphatic rings. The minimum Gasteiger partial charge on any atom is -0.480 e. The minimum atomic E-state index is -4.55. The van der Waals surface area contributed by atoms with Gasteiger partial charge in [0.2, 0.25) is 0 Å². The van der Waals surface area contributed by atoms with Gasteiger partial charge in [-0.1, -0.05) is 6.07 Å². The van der Waals surface area contributed by atoms with E-state index in [0.717, 1.165) is 6.07 Å². The number of rotatable bonds is 4. The van der Waals surface area contributed by atoms with E-state index in [1.54, 1.807) is 6.92 Å². The van der Waals surface area contributed by atoms with Crippen molar-refractivity contribution in [3.05, 3.63) is 23.9 Å². The van der Waals surface area contributed by atoms with E-state index in [-0.39, 0.29) is 12.4 Å². The van der Waals surface area contributed by atoms with E-state index in [1.165, 1.54) is 30.9 Å². The first-order valence-electron chi connectivity index (χ1n) is 5.66. The fourth-order valence-electron chi connectivity index (χ4n) is 1.69. The van der Waals surface area contributed by atoms with Crippen LogP contribution in [0.25, 0.3) is 0 Å². The molecular formula is C12H15F3N2O2. The quantitative estimate of drug-likeness (QED) is 0.918. The maximum absolute atomic E-state index is 12.6. The van der Waals surface area contributed by atoms with E-state index in [2.05, 4.69) is 4.98 Å². The summed E-state index contributed by atoms with van der Waals surface area (Å²) in [6.45, 7) is 4.72. The largest absolute Gasteiger partial charge is 0.480 e. The van der Waals surface area contributed by atoms with Gasteiger partial charge >= 0.3 is 12.1 Å². The van der Waals surface area contributed by atoms with Gasteiger partial charge in [0.25, 0.3) is 0 Å². The third-order valence-corrected chi connectivity index (χ3v) is 2.82. The van der Waals surface area contributed by atoms with Gasteiger partial charge in [-0.25, -0.2) is 9.78 Å². The van der Waals surface area contributed by atoms with Gasteiger partial charge in [-0.05, 0) is 32.9 Å². The van der Waals surface area contributed by atoms with Gasteiger partial charge in [0.1, 0.15) is 17.1 Å². The lowest BCUT2D eigenvalue weighted by atomic mass is 10.0. The van der Waals surface area contributed by atoms with Crippen LogP contribution in [0.3, 0.4) is 0 Å². The molecule has 106 valence electrons. The zero-order valence-electron chi connectivity index (χ0n) is 10.8. The standard InChI is InChI=1S/C12H15F3N2O2/c1-4-17(11(2,3)10(18)19)9-7-5-6-8(16-9)12(13,14)15/h5-7H,4H2,1-3H3,(H,18,19). The van der Waals surface area contributed by atoms with E-state index in [4.69, 9.17) is 5.11 Å². The summed E-state index contributed by atoms with van der Waals surface area (Å²) >= 11 is 0. The number of hydrogen-bond acceptors (Lipinski definition) is 3. The molecule has 1 N–H and O–H groups in total. The molecule has 0 radical (unpaired) electrons. The molecule has 0 amide bonds. The molecule has 7 heteroatoms. The van der Waals surface area contributed by atoms with Crippen LogP contribution in [-0.4, -0.2) is 28.1 Å². The lowest BCUT2D eigenvalue weighted by Crippen LogP contribution is -2.50. The number of aliphatic carboxylic acids is 1. The Hall–Kier alpha value is -1.79. The van der Waals surface area contributed by atoms with Crippen molar-refractivity contribution in [3.63, 3.8) is 0 Å². The molecule has 1 aromatic heterocycles. The Kier molecular flexibility index (Phi) is 4.07. The Morgan fingerprint density at radius 2 is 1.95 bits per heavy atom. The van der Waals surface area contributed by atoms with Crippen molar-refractivity contribution in [1.29, 1.82) is 0 Å². The smallest absolute Gasteiger partial charge is 0.433 e. The van der Waals surface area contributed by atoms with Crippen LogP contribution in [0.2, 0.25) is 0 Å². The highest BCUT2D eigenvalue weighted by Crippen LogP contribution is 2.30. The Balaban J connectivity index is 3.24. The lowest BCUT2D eigenvalue weighted by molar-refractivity contribution is -0.142. The van der Waals surface area contributed by atoms with Gasteiger partial charge in [0, 0.05) is 6.54 Å². The van der Waals surface area contributed by atoms with Crippen molar-refractivity contribution in [2.45, 2.75) is 32.5 Å². The highest BCUT2D eigenvalue weighted by molar-refractivity contribution is 5.82. The molecular weight excluding hydrogens is 261 g/mol. The average Bonchev–Trinajstić information content (AvgIpc) is 2.28. The molecule has 4 nitrogen and oxygen atoms in total. The van der Waals surface area contributed by atoms with E-state index in [1.807, 2.05) is 0 Å². The van der Waals surface area contributed by atoms with Crippen LogP contribution < -0.4 is 4.90 Å². The highest BCUT2D eigenvalue weighted by atomic mass is 19.4. The van der Waals surface area contributed by atoms with Crippen molar-refractivity contribution in [3.8, 4) is 0 Å². The molecule has 0 saturated heterocycles.